The second kappa shape index (κ2) is 5.07. The highest BCUT2D eigenvalue weighted by atomic mass is 16.1. The first-order chi connectivity index (χ1) is 7.77. The molecule has 0 bridgehead atoms. The standard InChI is InChI=1S/C12H17N3O/c13-11-3-1-2-10(11)8-15-12(16)9-4-6-14-7-5-9/h4-7,10-11H,1-3,8,13H2,(H,15,16). The number of rotatable bonds is 3. The molecule has 1 heterocycles. The van der Waals surface area contributed by atoms with Crippen LogP contribution in [0.5, 0.6) is 0 Å². The van der Waals surface area contributed by atoms with Gasteiger partial charge in [-0.15, -0.1) is 0 Å². The molecule has 1 aliphatic rings. The quantitative estimate of drug-likeness (QED) is 0.795. The van der Waals surface area contributed by atoms with Gasteiger partial charge in [0, 0.05) is 30.5 Å². The van der Waals surface area contributed by atoms with Crippen LogP contribution >= 0.6 is 0 Å². The highest BCUT2D eigenvalue weighted by molar-refractivity contribution is 5.93. The van der Waals surface area contributed by atoms with Gasteiger partial charge < -0.3 is 11.1 Å². The average molecular weight is 219 g/mol. The molecule has 4 heteroatoms. The molecule has 0 radical (unpaired) electrons. The van der Waals surface area contributed by atoms with E-state index in [0.717, 1.165) is 12.8 Å². The zero-order valence-electron chi connectivity index (χ0n) is 9.23. The van der Waals surface area contributed by atoms with E-state index < -0.39 is 0 Å². The van der Waals surface area contributed by atoms with Gasteiger partial charge in [-0.2, -0.15) is 0 Å². The Balaban J connectivity index is 1.84. The highest BCUT2D eigenvalue weighted by Crippen LogP contribution is 2.23. The molecule has 2 unspecified atom stereocenters. The van der Waals surface area contributed by atoms with Crippen LogP contribution in [-0.2, 0) is 0 Å². The van der Waals surface area contributed by atoms with Crippen molar-refractivity contribution in [1.82, 2.24) is 10.3 Å². The first kappa shape index (κ1) is 11.1. The van der Waals surface area contributed by atoms with E-state index in [1.165, 1.54) is 6.42 Å². The fourth-order valence-electron chi connectivity index (χ4n) is 2.15. The summed E-state index contributed by atoms with van der Waals surface area (Å²) in [5, 5.41) is 2.92. The fraction of sp³-hybridized carbons (Fsp3) is 0.500. The van der Waals surface area contributed by atoms with Crippen LogP contribution < -0.4 is 11.1 Å². The Bertz CT molecular complexity index is 353. The summed E-state index contributed by atoms with van der Waals surface area (Å²) in [6.07, 6.45) is 6.62. The smallest absolute Gasteiger partial charge is 0.251 e. The Hall–Kier alpha value is -1.42. The Morgan fingerprint density at radius 3 is 2.81 bits per heavy atom. The maximum atomic E-state index is 11.7. The summed E-state index contributed by atoms with van der Waals surface area (Å²) in [6.45, 7) is 0.683. The summed E-state index contributed by atoms with van der Waals surface area (Å²) in [7, 11) is 0. The fourth-order valence-corrected chi connectivity index (χ4v) is 2.15. The zero-order valence-corrected chi connectivity index (χ0v) is 9.23. The van der Waals surface area contributed by atoms with Crippen molar-refractivity contribution in [2.45, 2.75) is 25.3 Å². The highest BCUT2D eigenvalue weighted by Gasteiger charge is 2.24. The number of nitrogens with one attached hydrogen (secondary N) is 1. The van der Waals surface area contributed by atoms with Crippen molar-refractivity contribution < 1.29 is 4.79 Å². The van der Waals surface area contributed by atoms with Crippen molar-refractivity contribution in [3.05, 3.63) is 30.1 Å². The van der Waals surface area contributed by atoms with E-state index in [2.05, 4.69) is 10.3 Å². The van der Waals surface area contributed by atoms with Crippen LogP contribution in [0.2, 0.25) is 0 Å². The lowest BCUT2D eigenvalue weighted by molar-refractivity contribution is 0.0946. The van der Waals surface area contributed by atoms with Crippen LogP contribution in [0, 0.1) is 5.92 Å². The van der Waals surface area contributed by atoms with Crippen LogP contribution in [0.1, 0.15) is 29.6 Å². The molecule has 86 valence electrons. The number of hydrogen-bond acceptors (Lipinski definition) is 3. The van der Waals surface area contributed by atoms with Gasteiger partial charge in [0.05, 0.1) is 0 Å². The van der Waals surface area contributed by atoms with E-state index in [4.69, 9.17) is 5.73 Å². The predicted octanol–water partition coefficient (Wildman–Crippen LogP) is 0.939. The van der Waals surface area contributed by atoms with Gasteiger partial charge in [-0.25, -0.2) is 0 Å². The monoisotopic (exact) mass is 219 g/mol. The van der Waals surface area contributed by atoms with Gasteiger partial charge in [0.25, 0.3) is 5.91 Å². The van der Waals surface area contributed by atoms with Crippen molar-refractivity contribution in [2.75, 3.05) is 6.54 Å². The second-order valence-electron chi connectivity index (χ2n) is 4.30. The molecule has 1 aromatic rings. The van der Waals surface area contributed by atoms with E-state index in [1.54, 1.807) is 24.5 Å². The summed E-state index contributed by atoms with van der Waals surface area (Å²) >= 11 is 0. The van der Waals surface area contributed by atoms with Crippen LogP contribution in [0.15, 0.2) is 24.5 Å². The lowest BCUT2D eigenvalue weighted by Gasteiger charge is -2.15. The van der Waals surface area contributed by atoms with Crippen LogP contribution in [0.4, 0.5) is 0 Å². The number of carbonyl (C=O) groups excluding carboxylic acids is 1. The summed E-state index contributed by atoms with van der Waals surface area (Å²) in [5.74, 6) is 0.396. The van der Waals surface area contributed by atoms with Gasteiger partial charge in [-0.05, 0) is 30.9 Å². The maximum Gasteiger partial charge on any atom is 0.251 e. The summed E-state index contributed by atoms with van der Waals surface area (Å²) in [4.78, 5) is 15.6. The van der Waals surface area contributed by atoms with E-state index in [1.807, 2.05) is 0 Å². The molecule has 2 atom stereocenters. The lowest BCUT2D eigenvalue weighted by atomic mass is 10.0. The molecule has 16 heavy (non-hydrogen) atoms. The molecular formula is C12H17N3O. The maximum absolute atomic E-state index is 11.7. The Kier molecular flexibility index (Phi) is 3.51. The average Bonchev–Trinajstić information content (AvgIpc) is 2.73. The third kappa shape index (κ3) is 2.58. The number of nitrogens with two attached hydrogens (primary N) is 1. The van der Waals surface area contributed by atoms with E-state index in [0.29, 0.717) is 18.0 Å². The molecule has 0 saturated heterocycles. The first-order valence-corrected chi connectivity index (χ1v) is 5.71. The van der Waals surface area contributed by atoms with Crippen molar-refractivity contribution in [3.63, 3.8) is 0 Å². The Morgan fingerprint density at radius 2 is 2.19 bits per heavy atom. The number of aromatic nitrogens is 1. The van der Waals surface area contributed by atoms with E-state index >= 15 is 0 Å². The molecule has 1 aromatic heterocycles. The number of amides is 1. The Morgan fingerprint density at radius 1 is 1.44 bits per heavy atom. The number of nitrogens with zero attached hydrogens (tertiary/aromatic N) is 1. The van der Waals surface area contributed by atoms with Gasteiger partial charge in [-0.1, -0.05) is 6.42 Å². The lowest BCUT2D eigenvalue weighted by Crippen LogP contribution is -2.35. The first-order valence-electron chi connectivity index (χ1n) is 5.71. The molecule has 1 aliphatic carbocycles. The molecule has 2 rings (SSSR count). The van der Waals surface area contributed by atoms with Crippen molar-refractivity contribution >= 4 is 5.91 Å². The van der Waals surface area contributed by atoms with E-state index in [9.17, 15) is 4.79 Å². The van der Waals surface area contributed by atoms with Crippen LogP contribution in [0.25, 0.3) is 0 Å². The third-order valence-electron chi connectivity index (χ3n) is 3.19. The molecule has 0 aromatic carbocycles. The van der Waals surface area contributed by atoms with Crippen molar-refractivity contribution in [3.8, 4) is 0 Å². The van der Waals surface area contributed by atoms with Crippen molar-refractivity contribution in [1.29, 1.82) is 0 Å². The minimum atomic E-state index is -0.0403. The summed E-state index contributed by atoms with van der Waals surface area (Å²) in [6, 6.07) is 3.67. The number of pyridine rings is 1. The topological polar surface area (TPSA) is 68.0 Å². The largest absolute Gasteiger partial charge is 0.352 e. The summed E-state index contributed by atoms with van der Waals surface area (Å²) in [5.41, 5.74) is 6.60. The molecule has 0 aliphatic heterocycles. The zero-order chi connectivity index (χ0) is 11.4. The van der Waals surface area contributed by atoms with Gasteiger partial charge in [-0.3, -0.25) is 9.78 Å². The molecule has 1 saturated carbocycles. The Labute approximate surface area is 95.3 Å². The van der Waals surface area contributed by atoms with Gasteiger partial charge in [0.15, 0.2) is 0 Å². The van der Waals surface area contributed by atoms with E-state index in [-0.39, 0.29) is 11.9 Å². The van der Waals surface area contributed by atoms with Crippen molar-refractivity contribution in [2.24, 2.45) is 11.7 Å². The number of hydrogen-bond donors (Lipinski definition) is 2. The molecule has 3 N–H and O–H groups in total. The normalized spacial score (nSPS) is 24.3. The minimum Gasteiger partial charge on any atom is -0.352 e. The van der Waals surface area contributed by atoms with Gasteiger partial charge in [0.2, 0.25) is 0 Å². The predicted molar refractivity (Wildman–Crippen MR) is 61.9 cm³/mol. The third-order valence-corrected chi connectivity index (χ3v) is 3.19. The number of carbonyl (C=O) groups is 1. The summed E-state index contributed by atoms with van der Waals surface area (Å²) < 4.78 is 0. The molecule has 1 amide bonds. The SMILES string of the molecule is NC1CCCC1CNC(=O)c1ccncc1. The second-order valence-corrected chi connectivity index (χ2v) is 4.30. The minimum absolute atomic E-state index is 0.0403. The van der Waals surface area contributed by atoms with Crippen LogP contribution in [-0.4, -0.2) is 23.5 Å². The van der Waals surface area contributed by atoms with Gasteiger partial charge in [0.1, 0.15) is 0 Å². The molecular weight excluding hydrogens is 202 g/mol. The molecule has 4 nitrogen and oxygen atoms in total. The molecule has 1 fully saturated rings. The molecule has 0 spiro atoms. The van der Waals surface area contributed by atoms with Crippen LogP contribution in [0.3, 0.4) is 0 Å². The van der Waals surface area contributed by atoms with Gasteiger partial charge >= 0.3 is 0 Å².